The van der Waals surface area contributed by atoms with Gasteiger partial charge in [0, 0.05) is 22.5 Å². The van der Waals surface area contributed by atoms with Gasteiger partial charge in [-0.3, -0.25) is 14.6 Å². The van der Waals surface area contributed by atoms with Crippen molar-refractivity contribution in [2.24, 2.45) is 5.73 Å². The van der Waals surface area contributed by atoms with Gasteiger partial charge in [0.1, 0.15) is 11.5 Å². The van der Waals surface area contributed by atoms with Gasteiger partial charge >= 0.3 is 0 Å². The van der Waals surface area contributed by atoms with E-state index in [2.05, 4.69) is 10.3 Å². The molecule has 2 amide bonds. The van der Waals surface area contributed by atoms with Crippen LogP contribution in [0.4, 0.5) is 10.1 Å². The molecule has 1 aromatic heterocycles. The zero-order valence-electron chi connectivity index (χ0n) is 10.8. The first-order valence-corrected chi connectivity index (χ1v) is 6.34. The van der Waals surface area contributed by atoms with Crippen molar-refractivity contribution in [3.8, 4) is 0 Å². The summed E-state index contributed by atoms with van der Waals surface area (Å²) in [6, 6.07) is 7.02. The van der Waals surface area contributed by atoms with Crippen LogP contribution in [0.1, 0.15) is 16.1 Å². The van der Waals surface area contributed by atoms with E-state index < -0.39 is 17.6 Å². The standard InChI is InChI=1S/C14H11ClFN3O2/c15-10-2-1-3-11(16)9(10)7-13(20)19-8-4-5-18-12(6-8)14(17)21/h1-6H,7H2,(H2,17,21)(H,18,19,20). The van der Waals surface area contributed by atoms with Gasteiger partial charge in [-0.15, -0.1) is 0 Å². The van der Waals surface area contributed by atoms with Crippen LogP contribution >= 0.6 is 11.6 Å². The number of aromatic nitrogens is 1. The highest BCUT2D eigenvalue weighted by molar-refractivity contribution is 6.31. The second kappa shape index (κ2) is 6.32. The molecule has 0 aliphatic carbocycles. The molecule has 0 aliphatic heterocycles. The molecule has 7 heteroatoms. The number of amides is 2. The summed E-state index contributed by atoms with van der Waals surface area (Å²) in [7, 11) is 0. The maximum absolute atomic E-state index is 13.6. The molecule has 0 radical (unpaired) electrons. The van der Waals surface area contributed by atoms with E-state index in [9.17, 15) is 14.0 Å². The molecule has 2 rings (SSSR count). The number of carbonyl (C=O) groups is 2. The quantitative estimate of drug-likeness (QED) is 0.907. The number of hydrogen-bond donors (Lipinski definition) is 2. The van der Waals surface area contributed by atoms with Gasteiger partial charge in [-0.2, -0.15) is 0 Å². The first-order valence-electron chi connectivity index (χ1n) is 5.96. The van der Waals surface area contributed by atoms with Crippen molar-refractivity contribution >= 4 is 29.1 Å². The Bertz CT molecular complexity index is 686. The van der Waals surface area contributed by atoms with E-state index in [-0.39, 0.29) is 22.7 Å². The summed E-state index contributed by atoms with van der Waals surface area (Å²) >= 11 is 5.85. The molecule has 108 valence electrons. The van der Waals surface area contributed by atoms with Gasteiger partial charge < -0.3 is 11.1 Å². The van der Waals surface area contributed by atoms with Gasteiger partial charge in [-0.25, -0.2) is 4.39 Å². The van der Waals surface area contributed by atoms with Gasteiger partial charge in [0.25, 0.3) is 5.91 Å². The SMILES string of the molecule is NC(=O)c1cc(NC(=O)Cc2c(F)cccc2Cl)ccn1. The Morgan fingerprint density at radius 3 is 2.76 bits per heavy atom. The Labute approximate surface area is 124 Å². The zero-order chi connectivity index (χ0) is 15.4. The highest BCUT2D eigenvalue weighted by atomic mass is 35.5. The summed E-state index contributed by atoms with van der Waals surface area (Å²) in [5.74, 6) is -1.72. The van der Waals surface area contributed by atoms with Crippen molar-refractivity contribution in [2.75, 3.05) is 5.32 Å². The molecule has 0 saturated heterocycles. The Kier molecular flexibility index (Phi) is 4.49. The third kappa shape index (κ3) is 3.76. The Morgan fingerprint density at radius 2 is 2.10 bits per heavy atom. The van der Waals surface area contributed by atoms with Crippen LogP contribution in [0.3, 0.4) is 0 Å². The van der Waals surface area contributed by atoms with Crippen molar-refractivity contribution in [2.45, 2.75) is 6.42 Å². The van der Waals surface area contributed by atoms with Crippen molar-refractivity contribution in [1.29, 1.82) is 0 Å². The highest BCUT2D eigenvalue weighted by Gasteiger charge is 2.12. The molecule has 1 aromatic carbocycles. The van der Waals surface area contributed by atoms with Crippen LogP contribution in [0, 0.1) is 5.82 Å². The predicted octanol–water partition coefficient (Wildman–Crippen LogP) is 2.15. The number of primary amides is 1. The van der Waals surface area contributed by atoms with Gasteiger partial charge in [-0.1, -0.05) is 17.7 Å². The minimum atomic E-state index is -0.705. The molecule has 1 heterocycles. The molecule has 0 spiro atoms. The van der Waals surface area contributed by atoms with Gasteiger partial charge in [0.05, 0.1) is 6.42 Å². The summed E-state index contributed by atoms with van der Waals surface area (Å²) in [6.45, 7) is 0. The van der Waals surface area contributed by atoms with Crippen LogP contribution in [0.25, 0.3) is 0 Å². The summed E-state index contributed by atoms with van der Waals surface area (Å²) in [5, 5.41) is 2.71. The lowest BCUT2D eigenvalue weighted by molar-refractivity contribution is -0.115. The number of anilines is 1. The largest absolute Gasteiger partial charge is 0.364 e. The molecular weight excluding hydrogens is 297 g/mol. The third-order valence-corrected chi connectivity index (χ3v) is 3.05. The summed E-state index contributed by atoms with van der Waals surface area (Å²) in [6.07, 6.45) is 1.12. The molecule has 0 fully saturated rings. The van der Waals surface area contributed by atoms with Crippen molar-refractivity contribution < 1.29 is 14.0 Å². The number of nitrogens with zero attached hydrogens (tertiary/aromatic N) is 1. The van der Waals surface area contributed by atoms with Crippen LogP contribution in [0.2, 0.25) is 5.02 Å². The maximum atomic E-state index is 13.6. The monoisotopic (exact) mass is 307 g/mol. The normalized spacial score (nSPS) is 10.2. The minimum Gasteiger partial charge on any atom is -0.364 e. The molecular formula is C14H11ClFN3O2. The van der Waals surface area contributed by atoms with E-state index in [0.717, 1.165) is 0 Å². The molecule has 21 heavy (non-hydrogen) atoms. The van der Waals surface area contributed by atoms with E-state index in [1.165, 1.54) is 36.5 Å². The van der Waals surface area contributed by atoms with Gasteiger partial charge in [0.2, 0.25) is 5.91 Å². The zero-order valence-corrected chi connectivity index (χ0v) is 11.5. The van der Waals surface area contributed by atoms with Crippen LogP contribution in [-0.4, -0.2) is 16.8 Å². The fourth-order valence-electron chi connectivity index (χ4n) is 1.71. The number of rotatable bonds is 4. The van der Waals surface area contributed by atoms with Crippen LogP contribution in [0.5, 0.6) is 0 Å². The molecule has 3 N–H and O–H groups in total. The fourth-order valence-corrected chi connectivity index (χ4v) is 1.94. The predicted molar refractivity (Wildman–Crippen MR) is 76.5 cm³/mol. The fraction of sp³-hybridized carbons (Fsp3) is 0.0714. The lowest BCUT2D eigenvalue weighted by Crippen LogP contribution is -2.17. The molecule has 2 aromatic rings. The average Bonchev–Trinajstić information content (AvgIpc) is 2.43. The number of halogens is 2. The average molecular weight is 308 g/mol. The van der Waals surface area contributed by atoms with E-state index in [1.54, 1.807) is 0 Å². The van der Waals surface area contributed by atoms with Crippen LogP contribution in [-0.2, 0) is 11.2 Å². The van der Waals surface area contributed by atoms with Gasteiger partial charge in [0.15, 0.2) is 0 Å². The first kappa shape index (κ1) is 14.9. The molecule has 5 nitrogen and oxygen atoms in total. The first-order chi connectivity index (χ1) is 9.97. The Balaban J connectivity index is 2.12. The Hall–Kier alpha value is -2.47. The van der Waals surface area contributed by atoms with Gasteiger partial charge in [-0.05, 0) is 24.3 Å². The smallest absolute Gasteiger partial charge is 0.267 e. The summed E-state index contributed by atoms with van der Waals surface area (Å²) in [5.41, 5.74) is 5.58. The second-order valence-electron chi connectivity index (χ2n) is 4.22. The molecule has 0 saturated carbocycles. The molecule has 0 bridgehead atoms. The number of nitrogens with one attached hydrogen (secondary N) is 1. The number of carbonyl (C=O) groups excluding carboxylic acids is 2. The van der Waals surface area contributed by atoms with E-state index >= 15 is 0 Å². The van der Waals surface area contributed by atoms with Crippen molar-refractivity contribution in [3.05, 3.63) is 58.6 Å². The topological polar surface area (TPSA) is 85.1 Å². The van der Waals surface area contributed by atoms with Crippen molar-refractivity contribution in [3.63, 3.8) is 0 Å². The number of pyridine rings is 1. The molecule has 0 atom stereocenters. The number of nitrogens with two attached hydrogens (primary N) is 1. The summed E-state index contributed by atoms with van der Waals surface area (Å²) in [4.78, 5) is 26.6. The van der Waals surface area contributed by atoms with E-state index in [0.29, 0.717) is 5.69 Å². The lowest BCUT2D eigenvalue weighted by atomic mass is 10.1. The van der Waals surface area contributed by atoms with Crippen LogP contribution < -0.4 is 11.1 Å². The van der Waals surface area contributed by atoms with Crippen molar-refractivity contribution in [1.82, 2.24) is 4.98 Å². The van der Waals surface area contributed by atoms with E-state index in [1.807, 2.05) is 0 Å². The second-order valence-corrected chi connectivity index (χ2v) is 4.63. The van der Waals surface area contributed by atoms with Crippen LogP contribution in [0.15, 0.2) is 36.5 Å². The minimum absolute atomic E-state index is 0.0247. The lowest BCUT2D eigenvalue weighted by Gasteiger charge is -2.08. The third-order valence-electron chi connectivity index (χ3n) is 2.70. The Morgan fingerprint density at radius 1 is 1.33 bits per heavy atom. The number of hydrogen-bond acceptors (Lipinski definition) is 3. The molecule has 0 unspecified atom stereocenters. The highest BCUT2D eigenvalue weighted by Crippen LogP contribution is 2.20. The molecule has 0 aliphatic rings. The maximum Gasteiger partial charge on any atom is 0.267 e. The van der Waals surface area contributed by atoms with E-state index in [4.69, 9.17) is 17.3 Å². The number of benzene rings is 1. The summed E-state index contributed by atoms with van der Waals surface area (Å²) < 4.78 is 13.6.